The molecule has 0 unspecified atom stereocenters. The standard InChI is InChI=1S/C21H16F2N6O/c1-11(2)21-26-20(28-30-21)17-9-24-18-6-3-12(10-29(17)18)15-8-25-27-19(15)14-5-4-13(22)7-16(14)23/h3-11H,1-2H3,(H,25,27). The normalized spacial score (nSPS) is 11.6. The summed E-state index contributed by atoms with van der Waals surface area (Å²) in [7, 11) is 0. The number of hydrogen-bond acceptors (Lipinski definition) is 5. The van der Waals surface area contributed by atoms with Gasteiger partial charge in [-0.05, 0) is 24.3 Å². The zero-order valence-corrected chi connectivity index (χ0v) is 16.1. The zero-order chi connectivity index (χ0) is 20.8. The van der Waals surface area contributed by atoms with Crippen molar-refractivity contribution in [3.63, 3.8) is 0 Å². The summed E-state index contributed by atoms with van der Waals surface area (Å²) in [4.78, 5) is 8.83. The van der Waals surface area contributed by atoms with Crippen molar-refractivity contribution in [1.29, 1.82) is 0 Å². The average molecular weight is 406 g/mol. The molecule has 0 aliphatic heterocycles. The summed E-state index contributed by atoms with van der Waals surface area (Å²) in [5.41, 5.74) is 3.48. The van der Waals surface area contributed by atoms with Crippen LogP contribution in [-0.4, -0.2) is 29.7 Å². The largest absolute Gasteiger partial charge is 0.339 e. The number of nitrogens with zero attached hydrogens (tertiary/aromatic N) is 5. The molecule has 0 saturated heterocycles. The van der Waals surface area contributed by atoms with Gasteiger partial charge in [-0.1, -0.05) is 19.0 Å². The third kappa shape index (κ3) is 2.95. The van der Waals surface area contributed by atoms with Crippen molar-refractivity contribution in [1.82, 2.24) is 29.7 Å². The Bertz CT molecular complexity index is 1370. The summed E-state index contributed by atoms with van der Waals surface area (Å²) in [6, 6.07) is 7.13. The first-order valence-electron chi connectivity index (χ1n) is 9.31. The highest BCUT2D eigenvalue weighted by atomic mass is 19.1. The minimum atomic E-state index is -0.669. The average Bonchev–Trinajstić information content (AvgIpc) is 3.46. The first-order valence-corrected chi connectivity index (χ1v) is 9.31. The minimum Gasteiger partial charge on any atom is -0.339 e. The van der Waals surface area contributed by atoms with Crippen molar-refractivity contribution < 1.29 is 13.3 Å². The Morgan fingerprint density at radius 3 is 2.70 bits per heavy atom. The highest BCUT2D eigenvalue weighted by molar-refractivity contribution is 5.81. The molecule has 0 bridgehead atoms. The molecule has 1 N–H and O–H groups in total. The second-order valence-corrected chi connectivity index (χ2v) is 7.18. The quantitative estimate of drug-likeness (QED) is 0.461. The van der Waals surface area contributed by atoms with Gasteiger partial charge in [0.2, 0.25) is 11.7 Å². The molecule has 0 atom stereocenters. The van der Waals surface area contributed by atoms with Gasteiger partial charge in [0.05, 0.1) is 18.1 Å². The third-order valence-electron chi connectivity index (χ3n) is 4.82. The molecule has 1 aromatic carbocycles. The number of aromatic amines is 1. The molecule has 150 valence electrons. The van der Waals surface area contributed by atoms with Crippen molar-refractivity contribution in [3.8, 4) is 33.9 Å². The van der Waals surface area contributed by atoms with Gasteiger partial charge < -0.3 is 4.52 Å². The van der Waals surface area contributed by atoms with Gasteiger partial charge >= 0.3 is 0 Å². The molecule has 0 amide bonds. The zero-order valence-electron chi connectivity index (χ0n) is 16.1. The lowest BCUT2D eigenvalue weighted by atomic mass is 10.0. The van der Waals surface area contributed by atoms with Gasteiger partial charge in [-0.25, -0.2) is 13.8 Å². The number of H-pyrrole nitrogens is 1. The molecule has 0 aliphatic carbocycles. The summed E-state index contributed by atoms with van der Waals surface area (Å²) in [6.07, 6.45) is 5.12. The van der Waals surface area contributed by atoms with Gasteiger partial charge in [-0.15, -0.1) is 0 Å². The third-order valence-corrected chi connectivity index (χ3v) is 4.82. The van der Waals surface area contributed by atoms with Gasteiger partial charge in [-0.3, -0.25) is 9.50 Å². The van der Waals surface area contributed by atoms with Crippen LogP contribution in [0.3, 0.4) is 0 Å². The van der Waals surface area contributed by atoms with E-state index in [0.29, 0.717) is 34.3 Å². The second kappa shape index (κ2) is 6.87. The molecule has 0 saturated carbocycles. The number of fused-ring (bicyclic) bond motifs is 1. The van der Waals surface area contributed by atoms with E-state index >= 15 is 0 Å². The van der Waals surface area contributed by atoms with Gasteiger partial charge in [0, 0.05) is 34.9 Å². The Labute approximate surface area is 169 Å². The van der Waals surface area contributed by atoms with Crippen LogP contribution < -0.4 is 0 Å². The SMILES string of the molecule is CC(C)c1nc(-c2cnc3ccc(-c4cn[nH]c4-c4ccc(F)cc4F)cn23)no1. The number of aromatic nitrogens is 6. The van der Waals surface area contributed by atoms with E-state index in [1.807, 2.05) is 36.6 Å². The monoisotopic (exact) mass is 406 g/mol. The number of pyridine rings is 1. The van der Waals surface area contributed by atoms with Gasteiger partial charge in [-0.2, -0.15) is 10.1 Å². The van der Waals surface area contributed by atoms with E-state index in [4.69, 9.17) is 4.52 Å². The van der Waals surface area contributed by atoms with E-state index in [1.54, 1.807) is 12.4 Å². The van der Waals surface area contributed by atoms with Crippen LogP contribution in [0, 0.1) is 11.6 Å². The van der Waals surface area contributed by atoms with E-state index in [0.717, 1.165) is 11.6 Å². The first-order chi connectivity index (χ1) is 14.5. The molecule has 0 radical (unpaired) electrons. The number of nitrogens with one attached hydrogen (secondary N) is 1. The Kier molecular flexibility index (Phi) is 4.16. The lowest BCUT2D eigenvalue weighted by molar-refractivity contribution is 0.365. The molecule has 5 rings (SSSR count). The topological polar surface area (TPSA) is 84.9 Å². The van der Waals surface area contributed by atoms with Crippen molar-refractivity contribution >= 4 is 5.65 Å². The van der Waals surface area contributed by atoms with Crippen LogP contribution >= 0.6 is 0 Å². The fourth-order valence-corrected chi connectivity index (χ4v) is 3.28. The van der Waals surface area contributed by atoms with Crippen LogP contribution in [0.2, 0.25) is 0 Å². The Morgan fingerprint density at radius 2 is 1.93 bits per heavy atom. The van der Waals surface area contributed by atoms with Gasteiger partial charge in [0.15, 0.2) is 0 Å². The Hall–Kier alpha value is -3.88. The van der Waals surface area contributed by atoms with Crippen LogP contribution in [0.1, 0.15) is 25.7 Å². The number of rotatable bonds is 4. The first kappa shape index (κ1) is 18.2. The van der Waals surface area contributed by atoms with E-state index in [-0.39, 0.29) is 11.5 Å². The van der Waals surface area contributed by atoms with Crippen LogP contribution in [-0.2, 0) is 0 Å². The molecule has 4 heterocycles. The maximum absolute atomic E-state index is 14.3. The van der Waals surface area contributed by atoms with Crippen molar-refractivity contribution in [3.05, 3.63) is 66.4 Å². The molecule has 9 heteroatoms. The summed E-state index contributed by atoms with van der Waals surface area (Å²) < 4.78 is 34.8. The smallest absolute Gasteiger partial charge is 0.229 e. The molecule has 0 spiro atoms. The number of benzene rings is 1. The predicted octanol–water partition coefficient (Wildman–Crippen LogP) is 4.84. The van der Waals surface area contributed by atoms with Crippen LogP contribution in [0.15, 0.2) is 53.4 Å². The summed E-state index contributed by atoms with van der Waals surface area (Å²) in [6.45, 7) is 3.94. The lowest BCUT2D eigenvalue weighted by Gasteiger charge is -2.07. The summed E-state index contributed by atoms with van der Waals surface area (Å²) in [5, 5.41) is 10.9. The van der Waals surface area contributed by atoms with E-state index in [9.17, 15) is 8.78 Å². The highest BCUT2D eigenvalue weighted by Crippen LogP contribution is 2.33. The molecule has 5 aromatic rings. The van der Waals surface area contributed by atoms with Gasteiger partial charge in [0.1, 0.15) is 23.0 Å². The second-order valence-electron chi connectivity index (χ2n) is 7.18. The summed E-state index contributed by atoms with van der Waals surface area (Å²) in [5.74, 6) is -0.221. The number of halogens is 2. The van der Waals surface area contributed by atoms with Crippen LogP contribution in [0.4, 0.5) is 8.78 Å². The van der Waals surface area contributed by atoms with Crippen LogP contribution in [0.5, 0.6) is 0 Å². The minimum absolute atomic E-state index is 0.111. The predicted molar refractivity (Wildman–Crippen MR) is 106 cm³/mol. The molecule has 0 fully saturated rings. The lowest BCUT2D eigenvalue weighted by Crippen LogP contribution is -1.93. The molecular formula is C21H16F2N6O. The van der Waals surface area contributed by atoms with Crippen molar-refractivity contribution in [2.75, 3.05) is 0 Å². The van der Waals surface area contributed by atoms with Crippen LogP contribution in [0.25, 0.3) is 39.5 Å². The van der Waals surface area contributed by atoms with Crippen molar-refractivity contribution in [2.24, 2.45) is 0 Å². The van der Waals surface area contributed by atoms with Gasteiger partial charge in [0.25, 0.3) is 0 Å². The highest BCUT2D eigenvalue weighted by Gasteiger charge is 2.18. The maximum Gasteiger partial charge on any atom is 0.229 e. The van der Waals surface area contributed by atoms with Crippen molar-refractivity contribution in [2.45, 2.75) is 19.8 Å². The fourth-order valence-electron chi connectivity index (χ4n) is 3.28. The molecular weight excluding hydrogens is 390 g/mol. The molecule has 30 heavy (non-hydrogen) atoms. The Balaban J connectivity index is 1.62. The number of imidazole rings is 1. The maximum atomic E-state index is 14.3. The fraction of sp³-hybridized carbons (Fsp3) is 0.143. The summed E-state index contributed by atoms with van der Waals surface area (Å²) >= 11 is 0. The van der Waals surface area contributed by atoms with E-state index < -0.39 is 11.6 Å². The Morgan fingerprint density at radius 1 is 1.07 bits per heavy atom. The molecule has 7 nitrogen and oxygen atoms in total. The molecule has 0 aliphatic rings. The van der Waals surface area contributed by atoms with E-state index in [2.05, 4.69) is 25.3 Å². The molecule has 4 aromatic heterocycles. The number of hydrogen-bond donors (Lipinski definition) is 1. The van der Waals surface area contributed by atoms with E-state index in [1.165, 1.54) is 12.1 Å².